The predicted molar refractivity (Wildman–Crippen MR) is 70.9 cm³/mol. The molecule has 1 aromatic rings. The lowest BCUT2D eigenvalue weighted by Crippen LogP contribution is -2.35. The van der Waals surface area contributed by atoms with Crippen molar-refractivity contribution in [3.63, 3.8) is 0 Å². The Morgan fingerprint density at radius 2 is 2.00 bits per heavy atom. The highest BCUT2D eigenvalue weighted by molar-refractivity contribution is 5.33. The third-order valence-corrected chi connectivity index (χ3v) is 4.38. The summed E-state index contributed by atoms with van der Waals surface area (Å²) >= 11 is 0. The Kier molecular flexibility index (Phi) is 3.17. The van der Waals surface area contributed by atoms with Crippen LogP contribution in [0.1, 0.15) is 36.9 Å². The summed E-state index contributed by atoms with van der Waals surface area (Å²) in [6.07, 6.45) is 2.69. The first-order valence-electron chi connectivity index (χ1n) is 6.87. The van der Waals surface area contributed by atoms with Crippen molar-refractivity contribution in [1.82, 2.24) is 10.2 Å². The number of benzene rings is 1. The molecule has 0 saturated carbocycles. The number of piperidine rings is 1. The number of fused-ring (bicyclic) bond motifs is 1. The van der Waals surface area contributed by atoms with Crippen LogP contribution in [0.4, 0.5) is 0 Å². The molecule has 0 bridgehead atoms. The van der Waals surface area contributed by atoms with Crippen molar-refractivity contribution in [2.45, 2.75) is 32.4 Å². The van der Waals surface area contributed by atoms with Gasteiger partial charge < -0.3 is 5.32 Å². The van der Waals surface area contributed by atoms with Crippen LogP contribution in [0.5, 0.6) is 0 Å². The van der Waals surface area contributed by atoms with E-state index in [0.717, 1.165) is 12.5 Å². The lowest BCUT2D eigenvalue weighted by Gasteiger charge is -2.30. The first kappa shape index (κ1) is 11.2. The summed E-state index contributed by atoms with van der Waals surface area (Å²) in [7, 11) is 0. The molecule has 1 fully saturated rings. The Labute approximate surface area is 104 Å². The Morgan fingerprint density at radius 3 is 2.76 bits per heavy atom. The fraction of sp³-hybridized carbons (Fsp3) is 0.600. The highest BCUT2D eigenvalue weighted by atomic mass is 15.2. The minimum Gasteiger partial charge on any atom is -0.317 e. The summed E-state index contributed by atoms with van der Waals surface area (Å²) in [4.78, 5) is 2.65. The summed E-state index contributed by atoms with van der Waals surface area (Å²) in [6.45, 7) is 7.20. The van der Waals surface area contributed by atoms with E-state index in [1.165, 1.54) is 38.0 Å². The molecule has 0 aliphatic carbocycles. The molecule has 2 heteroatoms. The van der Waals surface area contributed by atoms with Crippen molar-refractivity contribution in [2.75, 3.05) is 19.6 Å². The first-order chi connectivity index (χ1) is 8.34. The van der Waals surface area contributed by atoms with Crippen LogP contribution in [-0.2, 0) is 6.54 Å². The second-order valence-corrected chi connectivity index (χ2v) is 5.50. The molecule has 17 heavy (non-hydrogen) atoms. The minimum absolute atomic E-state index is 0.612. The van der Waals surface area contributed by atoms with E-state index in [1.54, 1.807) is 5.56 Å². The summed E-state index contributed by atoms with van der Waals surface area (Å²) < 4.78 is 0. The molecular weight excluding hydrogens is 208 g/mol. The van der Waals surface area contributed by atoms with E-state index in [9.17, 15) is 0 Å². The third-order valence-electron chi connectivity index (χ3n) is 4.38. The van der Waals surface area contributed by atoms with E-state index in [2.05, 4.69) is 41.4 Å². The second-order valence-electron chi connectivity index (χ2n) is 5.50. The van der Waals surface area contributed by atoms with Gasteiger partial charge in [-0.15, -0.1) is 0 Å². The fourth-order valence-corrected chi connectivity index (χ4v) is 3.26. The quantitative estimate of drug-likeness (QED) is 0.840. The van der Waals surface area contributed by atoms with Gasteiger partial charge in [-0.3, -0.25) is 4.90 Å². The van der Waals surface area contributed by atoms with Crippen LogP contribution in [0.25, 0.3) is 0 Å². The summed E-state index contributed by atoms with van der Waals surface area (Å²) in [6, 6.07) is 9.53. The smallest absolute Gasteiger partial charge is 0.0326 e. The van der Waals surface area contributed by atoms with Gasteiger partial charge in [-0.05, 0) is 49.9 Å². The topological polar surface area (TPSA) is 15.3 Å². The Hall–Kier alpha value is -0.860. The Morgan fingerprint density at radius 1 is 1.24 bits per heavy atom. The molecule has 2 heterocycles. The van der Waals surface area contributed by atoms with Gasteiger partial charge in [0.1, 0.15) is 0 Å². The zero-order valence-electron chi connectivity index (χ0n) is 10.7. The van der Waals surface area contributed by atoms with Crippen LogP contribution >= 0.6 is 0 Å². The number of hydrogen-bond donors (Lipinski definition) is 1. The summed E-state index contributed by atoms with van der Waals surface area (Å²) in [5.41, 5.74) is 3.08. The maximum atomic E-state index is 3.45. The molecule has 0 aromatic heterocycles. The van der Waals surface area contributed by atoms with Gasteiger partial charge in [0.05, 0.1) is 0 Å². The molecule has 3 rings (SSSR count). The van der Waals surface area contributed by atoms with Crippen LogP contribution in [0.3, 0.4) is 0 Å². The fourth-order valence-electron chi connectivity index (χ4n) is 3.26. The molecule has 1 N–H and O–H groups in total. The van der Waals surface area contributed by atoms with Gasteiger partial charge in [-0.1, -0.05) is 24.3 Å². The zero-order chi connectivity index (χ0) is 11.7. The molecule has 1 unspecified atom stereocenters. The monoisotopic (exact) mass is 230 g/mol. The third kappa shape index (κ3) is 2.24. The van der Waals surface area contributed by atoms with Crippen LogP contribution < -0.4 is 5.32 Å². The number of rotatable bonds is 2. The molecule has 1 atom stereocenters. The standard InChI is InChI=1S/C15H22N2/c1-12-15-5-3-2-4-14(15)11-17(12)10-13-6-8-16-9-7-13/h2-5,12-13,16H,6-11H2,1H3. The second kappa shape index (κ2) is 4.79. The largest absolute Gasteiger partial charge is 0.317 e. The van der Waals surface area contributed by atoms with E-state index in [-0.39, 0.29) is 0 Å². The maximum absolute atomic E-state index is 3.45. The molecule has 1 aromatic carbocycles. The van der Waals surface area contributed by atoms with Crippen LogP contribution in [0.2, 0.25) is 0 Å². The number of nitrogens with one attached hydrogen (secondary N) is 1. The summed E-state index contributed by atoms with van der Waals surface area (Å²) in [5, 5.41) is 3.45. The van der Waals surface area contributed by atoms with E-state index >= 15 is 0 Å². The highest BCUT2D eigenvalue weighted by Crippen LogP contribution is 2.34. The normalized spacial score (nSPS) is 26.1. The summed E-state index contributed by atoms with van der Waals surface area (Å²) in [5.74, 6) is 0.896. The molecule has 0 amide bonds. The van der Waals surface area contributed by atoms with Crippen molar-refractivity contribution < 1.29 is 0 Å². The molecule has 92 valence electrons. The van der Waals surface area contributed by atoms with Gasteiger partial charge in [0, 0.05) is 19.1 Å². The van der Waals surface area contributed by atoms with Crippen molar-refractivity contribution >= 4 is 0 Å². The molecule has 2 nitrogen and oxygen atoms in total. The maximum Gasteiger partial charge on any atom is 0.0326 e. The molecular formula is C15H22N2. The van der Waals surface area contributed by atoms with Gasteiger partial charge in [-0.2, -0.15) is 0 Å². The van der Waals surface area contributed by atoms with Crippen LogP contribution in [-0.4, -0.2) is 24.5 Å². The Balaban J connectivity index is 1.67. The lowest BCUT2D eigenvalue weighted by atomic mass is 9.97. The van der Waals surface area contributed by atoms with Crippen LogP contribution in [0, 0.1) is 5.92 Å². The van der Waals surface area contributed by atoms with Crippen molar-refractivity contribution in [3.8, 4) is 0 Å². The molecule has 2 aliphatic rings. The predicted octanol–water partition coefficient (Wildman–Crippen LogP) is 2.56. The number of hydrogen-bond acceptors (Lipinski definition) is 2. The average molecular weight is 230 g/mol. The minimum atomic E-state index is 0.612. The molecule has 2 aliphatic heterocycles. The van der Waals surface area contributed by atoms with Gasteiger partial charge in [0.2, 0.25) is 0 Å². The SMILES string of the molecule is CC1c2ccccc2CN1CC1CCNCC1. The zero-order valence-corrected chi connectivity index (χ0v) is 10.7. The first-order valence-corrected chi connectivity index (χ1v) is 6.87. The number of nitrogens with zero attached hydrogens (tertiary/aromatic N) is 1. The van der Waals surface area contributed by atoms with E-state index < -0.39 is 0 Å². The van der Waals surface area contributed by atoms with Crippen LogP contribution in [0.15, 0.2) is 24.3 Å². The van der Waals surface area contributed by atoms with Crippen molar-refractivity contribution in [1.29, 1.82) is 0 Å². The average Bonchev–Trinajstić information content (AvgIpc) is 2.68. The molecule has 0 spiro atoms. The van der Waals surface area contributed by atoms with Gasteiger partial charge >= 0.3 is 0 Å². The van der Waals surface area contributed by atoms with E-state index in [4.69, 9.17) is 0 Å². The van der Waals surface area contributed by atoms with E-state index in [0.29, 0.717) is 6.04 Å². The lowest BCUT2D eigenvalue weighted by molar-refractivity contribution is 0.173. The van der Waals surface area contributed by atoms with E-state index in [1.807, 2.05) is 0 Å². The molecule has 1 saturated heterocycles. The Bertz CT molecular complexity index is 382. The van der Waals surface area contributed by atoms with Gasteiger partial charge in [0.15, 0.2) is 0 Å². The molecule has 0 radical (unpaired) electrons. The van der Waals surface area contributed by atoms with Crippen molar-refractivity contribution in [3.05, 3.63) is 35.4 Å². The van der Waals surface area contributed by atoms with Gasteiger partial charge in [0.25, 0.3) is 0 Å². The van der Waals surface area contributed by atoms with Gasteiger partial charge in [-0.25, -0.2) is 0 Å². The highest BCUT2D eigenvalue weighted by Gasteiger charge is 2.28. The van der Waals surface area contributed by atoms with Crippen molar-refractivity contribution in [2.24, 2.45) is 5.92 Å².